The number of methoxy groups -OCH3 is 1. The first-order valence-corrected chi connectivity index (χ1v) is 8.60. The van der Waals surface area contributed by atoms with Crippen LogP contribution in [0.5, 0.6) is 5.75 Å². The van der Waals surface area contributed by atoms with Gasteiger partial charge < -0.3 is 10.1 Å². The van der Waals surface area contributed by atoms with E-state index in [4.69, 9.17) is 4.74 Å². The fourth-order valence-corrected chi connectivity index (χ4v) is 3.09. The highest BCUT2D eigenvalue weighted by molar-refractivity contribution is 6.11. The molecule has 0 aliphatic carbocycles. The Kier molecular flexibility index (Phi) is 5.23. The molecule has 0 saturated carbocycles. The number of rotatable bonds is 4. The molecule has 1 N–H and O–H groups in total. The van der Waals surface area contributed by atoms with Gasteiger partial charge in [0.2, 0.25) is 0 Å². The zero-order chi connectivity index (χ0) is 19.4. The smallest absolute Gasteiger partial charge is 0.266 e. The van der Waals surface area contributed by atoms with Gasteiger partial charge in [-0.2, -0.15) is 5.26 Å². The zero-order valence-electron chi connectivity index (χ0n) is 15.5. The highest BCUT2D eigenvalue weighted by Crippen LogP contribution is 2.30. The Bertz CT molecular complexity index is 1070. The SMILES string of the molecule is COc1ccc2ccccc2c1/C=C(\C#N)C(=O)Nc1c(C)cccc1C. The molecule has 4 nitrogen and oxygen atoms in total. The van der Waals surface area contributed by atoms with Crippen LogP contribution in [0.3, 0.4) is 0 Å². The molecule has 0 unspecified atom stereocenters. The molecule has 0 aromatic heterocycles. The lowest BCUT2D eigenvalue weighted by atomic mass is 10.0. The van der Waals surface area contributed by atoms with Gasteiger partial charge in [0.05, 0.1) is 7.11 Å². The van der Waals surface area contributed by atoms with E-state index < -0.39 is 5.91 Å². The molecule has 1 amide bonds. The number of hydrogen-bond donors (Lipinski definition) is 1. The first kappa shape index (κ1) is 18.2. The van der Waals surface area contributed by atoms with Crippen LogP contribution in [0.4, 0.5) is 5.69 Å². The number of fused-ring (bicyclic) bond motifs is 1. The van der Waals surface area contributed by atoms with Gasteiger partial charge in [0.1, 0.15) is 17.4 Å². The van der Waals surface area contributed by atoms with Gasteiger partial charge in [-0.3, -0.25) is 4.79 Å². The molecule has 0 atom stereocenters. The maximum Gasteiger partial charge on any atom is 0.266 e. The van der Waals surface area contributed by atoms with Gasteiger partial charge in [-0.1, -0.05) is 48.5 Å². The fourth-order valence-electron chi connectivity index (χ4n) is 3.09. The maximum absolute atomic E-state index is 12.7. The van der Waals surface area contributed by atoms with Crippen LogP contribution in [0.1, 0.15) is 16.7 Å². The number of carbonyl (C=O) groups excluding carboxylic acids is 1. The number of amides is 1. The third-order valence-corrected chi connectivity index (χ3v) is 4.52. The Balaban J connectivity index is 2.06. The summed E-state index contributed by atoms with van der Waals surface area (Å²) in [6.45, 7) is 3.85. The Hall–Kier alpha value is -3.58. The second kappa shape index (κ2) is 7.76. The number of para-hydroxylation sites is 1. The van der Waals surface area contributed by atoms with Gasteiger partial charge in [-0.25, -0.2) is 0 Å². The minimum Gasteiger partial charge on any atom is -0.496 e. The third-order valence-electron chi connectivity index (χ3n) is 4.52. The molecule has 0 aliphatic rings. The lowest BCUT2D eigenvalue weighted by molar-refractivity contribution is -0.112. The molecule has 0 bridgehead atoms. The molecule has 0 spiro atoms. The lowest BCUT2D eigenvalue weighted by Crippen LogP contribution is -2.15. The average molecular weight is 356 g/mol. The molecule has 27 heavy (non-hydrogen) atoms. The third kappa shape index (κ3) is 3.68. The molecular formula is C23H20N2O2. The van der Waals surface area contributed by atoms with Crippen molar-refractivity contribution in [2.45, 2.75) is 13.8 Å². The van der Waals surface area contributed by atoms with E-state index in [0.29, 0.717) is 11.3 Å². The van der Waals surface area contributed by atoms with Crippen LogP contribution in [-0.4, -0.2) is 13.0 Å². The Morgan fingerprint density at radius 1 is 1.04 bits per heavy atom. The molecule has 3 aromatic rings. The second-order valence-electron chi connectivity index (χ2n) is 6.29. The first-order chi connectivity index (χ1) is 13.0. The second-order valence-corrected chi connectivity index (χ2v) is 6.29. The number of carbonyl (C=O) groups is 1. The Labute approximate surface area is 158 Å². The number of nitrogens with one attached hydrogen (secondary N) is 1. The summed E-state index contributed by atoms with van der Waals surface area (Å²) in [4.78, 5) is 12.7. The molecule has 3 rings (SSSR count). The van der Waals surface area contributed by atoms with Crippen molar-refractivity contribution in [3.05, 3.63) is 76.9 Å². The highest BCUT2D eigenvalue weighted by Gasteiger charge is 2.15. The largest absolute Gasteiger partial charge is 0.496 e. The Morgan fingerprint density at radius 2 is 1.74 bits per heavy atom. The normalized spacial score (nSPS) is 11.1. The summed E-state index contributed by atoms with van der Waals surface area (Å²) in [5.41, 5.74) is 3.36. The van der Waals surface area contributed by atoms with Gasteiger partial charge in [-0.05, 0) is 47.9 Å². The van der Waals surface area contributed by atoms with Crippen molar-refractivity contribution in [3.63, 3.8) is 0 Å². The van der Waals surface area contributed by atoms with Crippen molar-refractivity contribution < 1.29 is 9.53 Å². The van der Waals surface area contributed by atoms with Crippen molar-refractivity contribution in [3.8, 4) is 11.8 Å². The highest BCUT2D eigenvalue weighted by atomic mass is 16.5. The quantitative estimate of drug-likeness (QED) is 0.528. The molecule has 0 heterocycles. The minimum atomic E-state index is -0.440. The molecule has 3 aromatic carbocycles. The van der Waals surface area contributed by atoms with E-state index >= 15 is 0 Å². The molecule has 0 saturated heterocycles. The van der Waals surface area contributed by atoms with Crippen LogP contribution < -0.4 is 10.1 Å². The van der Waals surface area contributed by atoms with Crippen molar-refractivity contribution in [2.24, 2.45) is 0 Å². The summed E-state index contributed by atoms with van der Waals surface area (Å²) in [5, 5.41) is 14.4. The van der Waals surface area contributed by atoms with Gasteiger partial charge in [0, 0.05) is 11.3 Å². The van der Waals surface area contributed by atoms with E-state index in [0.717, 1.165) is 27.6 Å². The minimum absolute atomic E-state index is 0.0207. The molecular weight excluding hydrogens is 336 g/mol. The van der Waals surface area contributed by atoms with Gasteiger partial charge in [-0.15, -0.1) is 0 Å². The number of hydrogen-bond acceptors (Lipinski definition) is 3. The monoisotopic (exact) mass is 356 g/mol. The predicted octanol–water partition coefficient (Wildman–Crippen LogP) is 5.01. The van der Waals surface area contributed by atoms with Gasteiger partial charge >= 0.3 is 0 Å². The van der Waals surface area contributed by atoms with Gasteiger partial charge in [0.25, 0.3) is 5.91 Å². The molecule has 4 heteroatoms. The first-order valence-electron chi connectivity index (χ1n) is 8.60. The summed E-state index contributed by atoms with van der Waals surface area (Å²) < 4.78 is 5.45. The predicted molar refractivity (Wildman–Crippen MR) is 109 cm³/mol. The van der Waals surface area contributed by atoms with E-state index in [1.807, 2.05) is 74.5 Å². The van der Waals surface area contributed by atoms with Crippen molar-refractivity contribution in [1.29, 1.82) is 5.26 Å². The van der Waals surface area contributed by atoms with Crippen molar-refractivity contribution >= 4 is 28.4 Å². The van der Waals surface area contributed by atoms with Crippen LogP contribution in [-0.2, 0) is 4.79 Å². The maximum atomic E-state index is 12.7. The van der Waals surface area contributed by atoms with E-state index in [2.05, 4.69) is 5.32 Å². The number of aryl methyl sites for hydroxylation is 2. The summed E-state index contributed by atoms with van der Waals surface area (Å²) in [5.74, 6) is 0.172. The number of anilines is 1. The number of ether oxygens (including phenoxy) is 1. The van der Waals surface area contributed by atoms with E-state index in [9.17, 15) is 10.1 Å². The standard InChI is InChI=1S/C23H20N2O2/c1-15-7-6-8-16(2)22(15)25-23(26)18(14-24)13-20-19-10-5-4-9-17(19)11-12-21(20)27-3/h4-13H,1-3H3,(H,25,26)/b18-13+. The summed E-state index contributed by atoms with van der Waals surface area (Å²) >= 11 is 0. The van der Waals surface area contributed by atoms with Crippen LogP contribution in [0.2, 0.25) is 0 Å². The van der Waals surface area contributed by atoms with Crippen molar-refractivity contribution in [1.82, 2.24) is 0 Å². The molecule has 0 radical (unpaired) electrons. The van der Waals surface area contributed by atoms with Gasteiger partial charge in [0.15, 0.2) is 0 Å². The van der Waals surface area contributed by atoms with E-state index in [1.54, 1.807) is 13.2 Å². The average Bonchev–Trinajstić information content (AvgIpc) is 2.68. The number of benzene rings is 3. The zero-order valence-corrected chi connectivity index (χ0v) is 15.5. The van der Waals surface area contributed by atoms with Crippen molar-refractivity contribution in [2.75, 3.05) is 12.4 Å². The number of nitrogens with zero attached hydrogens (tertiary/aromatic N) is 1. The summed E-state index contributed by atoms with van der Waals surface area (Å²) in [7, 11) is 1.57. The molecule has 0 aliphatic heterocycles. The van der Waals surface area contributed by atoms with Crippen LogP contribution >= 0.6 is 0 Å². The summed E-state index contributed by atoms with van der Waals surface area (Å²) in [6.07, 6.45) is 1.59. The number of nitriles is 1. The molecule has 134 valence electrons. The lowest BCUT2D eigenvalue weighted by Gasteiger charge is -2.12. The topological polar surface area (TPSA) is 62.1 Å². The summed E-state index contributed by atoms with van der Waals surface area (Å²) in [6, 6.07) is 19.4. The van der Waals surface area contributed by atoms with Crippen LogP contribution in [0.25, 0.3) is 16.8 Å². The molecule has 0 fully saturated rings. The van der Waals surface area contributed by atoms with E-state index in [-0.39, 0.29) is 5.57 Å². The fraction of sp³-hybridized carbons (Fsp3) is 0.130. The van der Waals surface area contributed by atoms with Crippen LogP contribution in [0, 0.1) is 25.2 Å². The van der Waals surface area contributed by atoms with Crippen LogP contribution in [0.15, 0.2) is 60.2 Å². The van der Waals surface area contributed by atoms with E-state index in [1.165, 1.54) is 0 Å². The Morgan fingerprint density at radius 3 is 2.41 bits per heavy atom.